The minimum Gasteiger partial charge on any atom is -0.466 e. The Labute approximate surface area is 105 Å². The number of carbonyl (C=O) groups excluding carboxylic acids is 1. The Morgan fingerprint density at radius 2 is 1.94 bits per heavy atom. The Morgan fingerprint density at radius 1 is 1.33 bits per heavy atom. The average molecular weight is 267 g/mol. The molecule has 0 spiro atoms. The number of likely N-dealkylation sites (tertiary alicyclic amines) is 1. The van der Waals surface area contributed by atoms with Gasteiger partial charge in [-0.2, -0.15) is 13.2 Å². The van der Waals surface area contributed by atoms with Crippen LogP contribution >= 0.6 is 0 Å². The van der Waals surface area contributed by atoms with E-state index in [0.29, 0.717) is 39.1 Å². The number of alkyl halides is 3. The smallest absolute Gasteiger partial charge is 0.389 e. The van der Waals surface area contributed by atoms with E-state index in [1.54, 1.807) is 6.92 Å². The molecule has 0 atom stereocenters. The molecular formula is C12H20F3NO2. The Morgan fingerprint density at radius 3 is 2.44 bits per heavy atom. The fourth-order valence-electron chi connectivity index (χ4n) is 2.16. The van der Waals surface area contributed by atoms with Gasteiger partial charge >= 0.3 is 12.1 Å². The Hall–Kier alpha value is -0.780. The van der Waals surface area contributed by atoms with Crippen LogP contribution in [0.15, 0.2) is 0 Å². The number of rotatable bonds is 5. The Bertz CT molecular complexity index is 261. The van der Waals surface area contributed by atoms with Crippen LogP contribution in [0, 0.1) is 5.92 Å². The quantitative estimate of drug-likeness (QED) is 0.717. The highest BCUT2D eigenvalue weighted by Crippen LogP contribution is 2.23. The molecule has 0 aromatic heterocycles. The van der Waals surface area contributed by atoms with Crippen LogP contribution in [0.2, 0.25) is 0 Å². The summed E-state index contributed by atoms with van der Waals surface area (Å²) in [6.07, 6.45) is -3.29. The number of hydrogen-bond acceptors (Lipinski definition) is 3. The summed E-state index contributed by atoms with van der Waals surface area (Å²) in [4.78, 5) is 13.4. The van der Waals surface area contributed by atoms with Crippen LogP contribution in [-0.4, -0.2) is 43.3 Å². The molecular weight excluding hydrogens is 247 g/mol. The van der Waals surface area contributed by atoms with Crippen molar-refractivity contribution < 1.29 is 22.7 Å². The van der Waals surface area contributed by atoms with Crippen molar-refractivity contribution in [3.05, 3.63) is 0 Å². The second-order valence-electron chi connectivity index (χ2n) is 4.59. The molecule has 1 fully saturated rings. The molecule has 0 amide bonds. The van der Waals surface area contributed by atoms with Crippen LogP contribution in [0.25, 0.3) is 0 Å². The molecule has 0 aliphatic carbocycles. The van der Waals surface area contributed by atoms with Gasteiger partial charge in [0.15, 0.2) is 0 Å². The molecule has 1 aliphatic rings. The number of halogens is 3. The van der Waals surface area contributed by atoms with Crippen molar-refractivity contribution in [1.29, 1.82) is 0 Å². The summed E-state index contributed by atoms with van der Waals surface area (Å²) in [6, 6.07) is 0. The van der Waals surface area contributed by atoms with Crippen LogP contribution < -0.4 is 0 Å². The number of piperidine rings is 1. The molecule has 1 heterocycles. The van der Waals surface area contributed by atoms with E-state index in [4.69, 9.17) is 4.74 Å². The molecule has 1 aliphatic heterocycles. The van der Waals surface area contributed by atoms with E-state index in [2.05, 4.69) is 0 Å². The van der Waals surface area contributed by atoms with Gasteiger partial charge in [-0.1, -0.05) is 0 Å². The summed E-state index contributed by atoms with van der Waals surface area (Å²) in [6.45, 7) is 3.96. The van der Waals surface area contributed by atoms with E-state index in [0.717, 1.165) is 0 Å². The highest BCUT2D eigenvalue weighted by atomic mass is 19.4. The molecule has 18 heavy (non-hydrogen) atoms. The number of carbonyl (C=O) groups is 1. The van der Waals surface area contributed by atoms with E-state index in [1.807, 2.05) is 4.90 Å². The fourth-order valence-corrected chi connectivity index (χ4v) is 2.16. The molecule has 0 bridgehead atoms. The summed E-state index contributed by atoms with van der Waals surface area (Å²) < 4.78 is 40.9. The third-order valence-corrected chi connectivity index (χ3v) is 3.14. The van der Waals surface area contributed by atoms with Crippen molar-refractivity contribution in [3.63, 3.8) is 0 Å². The lowest BCUT2D eigenvalue weighted by Gasteiger charge is -2.30. The minimum absolute atomic E-state index is 0.0798. The average Bonchev–Trinajstić information content (AvgIpc) is 2.28. The molecule has 0 saturated carbocycles. The number of esters is 1. The van der Waals surface area contributed by atoms with Crippen molar-refractivity contribution in [1.82, 2.24) is 4.90 Å². The van der Waals surface area contributed by atoms with E-state index in [9.17, 15) is 18.0 Å². The summed E-state index contributed by atoms with van der Waals surface area (Å²) in [5.41, 5.74) is 0. The molecule has 3 nitrogen and oxygen atoms in total. The maximum absolute atomic E-state index is 12.0. The van der Waals surface area contributed by atoms with Crippen molar-refractivity contribution in [2.75, 3.05) is 26.2 Å². The summed E-state index contributed by atoms with van der Waals surface area (Å²) in [5, 5.41) is 0. The van der Waals surface area contributed by atoms with Gasteiger partial charge in [-0.3, -0.25) is 4.79 Å². The zero-order valence-electron chi connectivity index (χ0n) is 10.6. The van der Waals surface area contributed by atoms with Gasteiger partial charge in [0.05, 0.1) is 12.5 Å². The first kappa shape index (κ1) is 15.3. The molecule has 106 valence electrons. The molecule has 6 heteroatoms. The van der Waals surface area contributed by atoms with Gasteiger partial charge in [-0.25, -0.2) is 0 Å². The zero-order valence-corrected chi connectivity index (χ0v) is 10.6. The summed E-state index contributed by atoms with van der Waals surface area (Å²) >= 11 is 0. The van der Waals surface area contributed by atoms with Crippen LogP contribution in [0.4, 0.5) is 13.2 Å². The van der Waals surface area contributed by atoms with Gasteiger partial charge in [-0.15, -0.1) is 0 Å². The highest BCUT2D eigenvalue weighted by Gasteiger charge is 2.28. The topological polar surface area (TPSA) is 29.5 Å². The predicted molar refractivity (Wildman–Crippen MR) is 61.1 cm³/mol. The standard InChI is InChI=1S/C12H20F3NO2/c1-2-18-11(17)10-4-8-16(9-5-10)7-3-6-12(13,14)15/h10H,2-9H2,1H3. The molecule has 0 aromatic rings. The molecule has 0 aromatic carbocycles. The zero-order chi connectivity index (χ0) is 13.6. The van der Waals surface area contributed by atoms with Gasteiger partial charge in [0.25, 0.3) is 0 Å². The third-order valence-electron chi connectivity index (χ3n) is 3.14. The van der Waals surface area contributed by atoms with Gasteiger partial charge in [0.1, 0.15) is 0 Å². The van der Waals surface area contributed by atoms with Crippen LogP contribution in [-0.2, 0) is 9.53 Å². The molecule has 0 unspecified atom stereocenters. The lowest BCUT2D eigenvalue weighted by atomic mass is 9.97. The molecule has 1 saturated heterocycles. The van der Waals surface area contributed by atoms with Crippen molar-refractivity contribution in [2.45, 2.75) is 38.8 Å². The number of ether oxygens (including phenoxy) is 1. The highest BCUT2D eigenvalue weighted by molar-refractivity contribution is 5.72. The normalized spacial score (nSPS) is 18.9. The largest absolute Gasteiger partial charge is 0.466 e. The van der Waals surface area contributed by atoms with Gasteiger partial charge in [0, 0.05) is 6.42 Å². The van der Waals surface area contributed by atoms with Crippen molar-refractivity contribution >= 4 is 5.97 Å². The monoisotopic (exact) mass is 267 g/mol. The summed E-state index contributed by atoms with van der Waals surface area (Å²) in [7, 11) is 0. The number of hydrogen-bond donors (Lipinski definition) is 0. The second kappa shape index (κ2) is 6.97. The maximum Gasteiger partial charge on any atom is 0.389 e. The van der Waals surface area contributed by atoms with Gasteiger partial charge in [-0.05, 0) is 45.8 Å². The van der Waals surface area contributed by atoms with Crippen LogP contribution in [0.3, 0.4) is 0 Å². The van der Waals surface area contributed by atoms with Crippen LogP contribution in [0.5, 0.6) is 0 Å². The van der Waals surface area contributed by atoms with E-state index in [-0.39, 0.29) is 18.3 Å². The maximum atomic E-state index is 12.0. The van der Waals surface area contributed by atoms with Crippen molar-refractivity contribution in [3.8, 4) is 0 Å². The molecule has 0 N–H and O–H groups in total. The van der Waals surface area contributed by atoms with Gasteiger partial charge < -0.3 is 9.64 Å². The number of nitrogens with zero attached hydrogens (tertiary/aromatic N) is 1. The van der Waals surface area contributed by atoms with E-state index < -0.39 is 12.6 Å². The first-order chi connectivity index (χ1) is 8.42. The van der Waals surface area contributed by atoms with Crippen LogP contribution in [0.1, 0.15) is 32.6 Å². The first-order valence-corrected chi connectivity index (χ1v) is 6.38. The van der Waals surface area contributed by atoms with E-state index >= 15 is 0 Å². The molecule has 1 rings (SSSR count). The SMILES string of the molecule is CCOC(=O)C1CCN(CCCC(F)(F)F)CC1. The predicted octanol–water partition coefficient (Wildman–Crippen LogP) is 2.60. The van der Waals surface area contributed by atoms with Crippen molar-refractivity contribution in [2.24, 2.45) is 5.92 Å². The van der Waals surface area contributed by atoms with Gasteiger partial charge in [0.2, 0.25) is 0 Å². The lowest BCUT2D eigenvalue weighted by Crippen LogP contribution is -2.37. The Balaban J connectivity index is 2.17. The third kappa shape index (κ3) is 5.71. The molecule has 0 radical (unpaired) electrons. The minimum atomic E-state index is -4.07. The fraction of sp³-hybridized carbons (Fsp3) is 0.917. The first-order valence-electron chi connectivity index (χ1n) is 6.38. The second-order valence-corrected chi connectivity index (χ2v) is 4.59. The Kier molecular flexibility index (Phi) is 5.91. The summed E-state index contributed by atoms with van der Waals surface area (Å²) in [5.74, 6) is -0.253. The van der Waals surface area contributed by atoms with E-state index in [1.165, 1.54) is 0 Å². The lowest BCUT2D eigenvalue weighted by molar-refractivity contribution is -0.149.